The van der Waals surface area contributed by atoms with Crippen molar-refractivity contribution in [2.45, 2.75) is 31.1 Å². The van der Waals surface area contributed by atoms with Crippen LogP contribution >= 0.6 is 0 Å². The lowest BCUT2D eigenvalue weighted by molar-refractivity contribution is 0.521. The van der Waals surface area contributed by atoms with E-state index in [-0.39, 0.29) is 4.90 Å². The molecule has 1 saturated heterocycles. The van der Waals surface area contributed by atoms with E-state index in [2.05, 4.69) is 11.8 Å². The van der Waals surface area contributed by atoms with Crippen LogP contribution in [0.25, 0.3) is 0 Å². The minimum atomic E-state index is -3.27. The van der Waals surface area contributed by atoms with Crippen molar-refractivity contribution >= 4 is 21.2 Å². The first kappa shape index (κ1) is 14.2. The SMILES string of the molecule is CC1CCCN(c2cccc(S(C)(=O)=O)c2N)CC1. The molecule has 2 N–H and O–H groups in total. The van der Waals surface area contributed by atoms with Crippen LogP contribution in [-0.2, 0) is 9.84 Å². The Morgan fingerprint density at radius 3 is 2.68 bits per heavy atom. The highest BCUT2D eigenvalue weighted by atomic mass is 32.2. The molecule has 1 aromatic carbocycles. The Bertz CT molecular complexity index is 555. The number of anilines is 2. The van der Waals surface area contributed by atoms with Gasteiger partial charge in [-0.1, -0.05) is 13.0 Å². The molecule has 1 unspecified atom stereocenters. The Morgan fingerprint density at radius 2 is 2.00 bits per heavy atom. The van der Waals surface area contributed by atoms with Gasteiger partial charge in [-0.15, -0.1) is 0 Å². The van der Waals surface area contributed by atoms with Gasteiger partial charge in [0.15, 0.2) is 9.84 Å². The molecule has 5 heteroatoms. The van der Waals surface area contributed by atoms with E-state index in [0.29, 0.717) is 5.69 Å². The van der Waals surface area contributed by atoms with Gasteiger partial charge < -0.3 is 10.6 Å². The van der Waals surface area contributed by atoms with Crippen molar-refractivity contribution in [1.82, 2.24) is 0 Å². The van der Waals surface area contributed by atoms with E-state index in [1.165, 1.54) is 12.7 Å². The average molecular weight is 282 g/mol. The van der Waals surface area contributed by atoms with Crippen molar-refractivity contribution < 1.29 is 8.42 Å². The number of rotatable bonds is 2. The molecule has 0 saturated carbocycles. The van der Waals surface area contributed by atoms with E-state index >= 15 is 0 Å². The van der Waals surface area contributed by atoms with Crippen molar-refractivity contribution in [2.24, 2.45) is 5.92 Å². The third-order valence-corrected chi connectivity index (χ3v) is 4.95. The van der Waals surface area contributed by atoms with Crippen LogP contribution < -0.4 is 10.6 Å². The summed E-state index contributed by atoms with van der Waals surface area (Å²) in [6.07, 6.45) is 4.68. The third-order valence-electron chi connectivity index (χ3n) is 3.80. The number of nitrogens with two attached hydrogens (primary N) is 1. The fraction of sp³-hybridized carbons (Fsp3) is 0.571. The summed E-state index contributed by atoms with van der Waals surface area (Å²) >= 11 is 0. The van der Waals surface area contributed by atoms with Crippen LogP contribution in [-0.4, -0.2) is 27.8 Å². The fourth-order valence-corrected chi connectivity index (χ4v) is 3.47. The second-order valence-electron chi connectivity index (χ2n) is 5.48. The second kappa shape index (κ2) is 5.41. The molecule has 4 nitrogen and oxygen atoms in total. The molecule has 0 aromatic heterocycles. The van der Waals surface area contributed by atoms with Crippen LogP contribution in [0.4, 0.5) is 11.4 Å². The standard InChI is InChI=1S/C14H22N2O2S/c1-11-5-4-9-16(10-8-11)12-6-3-7-13(14(12)15)19(2,17)18/h3,6-7,11H,4-5,8-10,15H2,1-2H3. The van der Waals surface area contributed by atoms with Gasteiger partial charge in [-0.05, 0) is 37.3 Å². The predicted molar refractivity (Wildman–Crippen MR) is 79.2 cm³/mol. The molecule has 1 heterocycles. The van der Waals surface area contributed by atoms with E-state index in [0.717, 1.165) is 37.5 Å². The number of hydrogen-bond donors (Lipinski definition) is 1. The van der Waals surface area contributed by atoms with E-state index in [9.17, 15) is 8.42 Å². The normalized spacial score (nSPS) is 21.2. The Labute approximate surface area is 115 Å². The molecule has 1 aliphatic heterocycles. The molecule has 106 valence electrons. The molecule has 1 aliphatic rings. The van der Waals surface area contributed by atoms with Crippen molar-refractivity contribution in [3.8, 4) is 0 Å². The van der Waals surface area contributed by atoms with E-state index in [1.54, 1.807) is 12.1 Å². The average Bonchev–Trinajstić information content (AvgIpc) is 2.53. The smallest absolute Gasteiger partial charge is 0.177 e. The van der Waals surface area contributed by atoms with Crippen LogP contribution in [0.3, 0.4) is 0 Å². The van der Waals surface area contributed by atoms with E-state index < -0.39 is 9.84 Å². The van der Waals surface area contributed by atoms with Crippen LogP contribution in [0, 0.1) is 5.92 Å². The summed E-state index contributed by atoms with van der Waals surface area (Å²) in [5.74, 6) is 0.726. The van der Waals surface area contributed by atoms with Crippen LogP contribution in [0.15, 0.2) is 23.1 Å². The summed E-state index contributed by atoms with van der Waals surface area (Å²) in [5.41, 5.74) is 7.31. The summed E-state index contributed by atoms with van der Waals surface area (Å²) in [6.45, 7) is 4.15. The third kappa shape index (κ3) is 3.21. The topological polar surface area (TPSA) is 63.4 Å². The number of para-hydroxylation sites is 1. The van der Waals surface area contributed by atoms with Gasteiger partial charge in [-0.25, -0.2) is 8.42 Å². The van der Waals surface area contributed by atoms with Gasteiger partial charge in [-0.2, -0.15) is 0 Å². The minimum Gasteiger partial charge on any atom is -0.396 e. The fourth-order valence-electron chi connectivity index (χ4n) is 2.64. The van der Waals surface area contributed by atoms with Gasteiger partial charge in [0.2, 0.25) is 0 Å². The van der Waals surface area contributed by atoms with Crippen molar-refractivity contribution in [1.29, 1.82) is 0 Å². The number of benzene rings is 1. The molecule has 0 aliphatic carbocycles. The van der Waals surface area contributed by atoms with E-state index in [4.69, 9.17) is 5.73 Å². The maximum atomic E-state index is 11.7. The second-order valence-corrected chi connectivity index (χ2v) is 7.47. The van der Waals surface area contributed by atoms with Crippen LogP contribution in [0.5, 0.6) is 0 Å². The lowest BCUT2D eigenvalue weighted by Crippen LogP contribution is -2.25. The zero-order valence-electron chi connectivity index (χ0n) is 11.6. The molecule has 2 rings (SSSR count). The van der Waals surface area contributed by atoms with Gasteiger partial charge >= 0.3 is 0 Å². The summed E-state index contributed by atoms with van der Waals surface area (Å²) in [5, 5.41) is 0. The summed E-state index contributed by atoms with van der Waals surface area (Å²) in [6, 6.07) is 5.27. The van der Waals surface area contributed by atoms with Gasteiger partial charge in [-0.3, -0.25) is 0 Å². The number of sulfone groups is 1. The van der Waals surface area contributed by atoms with Crippen LogP contribution in [0.2, 0.25) is 0 Å². The first-order valence-electron chi connectivity index (χ1n) is 6.73. The quantitative estimate of drug-likeness (QED) is 0.845. The first-order chi connectivity index (χ1) is 8.89. The molecule has 0 spiro atoms. The number of nitrogens with zero attached hydrogens (tertiary/aromatic N) is 1. The van der Waals surface area contributed by atoms with Gasteiger partial charge in [0.25, 0.3) is 0 Å². The molecule has 1 fully saturated rings. The number of hydrogen-bond acceptors (Lipinski definition) is 4. The highest BCUT2D eigenvalue weighted by molar-refractivity contribution is 7.90. The zero-order valence-corrected chi connectivity index (χ0v) is 12.4. The molecular formula is C14H22N2O2S. The lowest BCUT2D eigenvalue weighted by atomic mass is 10.0. The molecule has 1 atom stereocenters. The Balaban J connectivity index is 2.35. The summed E-state index contributed by atoms with van der Waals surface area (Å²) in [7, 11) is -3.27. The minimum absolute atomic E-state index is 0.238. The van der Waals surface area contributed by atoms with E-state index in [1.807, 2.05) is 6.07 Å². The highest BCUT2D eigenvalue weighted by Gasteiger charge is 2.20. The monoisotopic (exact) mass is 282 g/mol. The molecule has 0 radical (unpaired) electrons. The summed E-state index contributed by atoms with van der Waals surface area (Å²) < 4.78 is 23.4. The van der Waals surface area contributed by atoms with Gasteiger partial charge in [0, 0.05) is 19.3 Å². The van der Waals surface area contributed by atoms with Crippen molar-refractivity contribution in [2.75, 3.05) is 30.0 Å². The Morgan fingerprint density at radius 1 is 1.26 bits per heavy atom. The van der Waals surface area contributed by atoms with Crippen molar-refractivity contribution in [3.63, 3.8) is 0 Å². The maximum absolute atomic E-state index is 11.7. The molecule has 1 aromatic rings. The zero-order chi connectivity index (χ0) is 14.0. The molecular weight excluding hydrogens is 260 g/mol. The molecule has 0 amide bonds. The largest absolute Gasteiger partial charge is 0.396 e. The maximum Gasteiger partial charge on any atom is 0.177 e. The van der Waals surface area contributed by atoms with Gasteiger partial charge in [0.1, 0.15) is 0 Å². The number of nitrogen functional groups attached to an aromatic ring is 1. The molecule has 19 heavy (non-hydrogen) atoms. The Hall–Kier alpha value is -1.23. The predicted octanol–water partition coefficient (Wildman–Crippen LogP) is 2.30. The van der Waals surface area contributed by atoms with Gasteiger partial charge in [0.05, 0.1) is 16.3 Å². The Kier molecular flexibility index (Phi) is 4.04. The summed E-state index contributed by atoms with van der Waals surface area (Å²) in [4.78, 5) is 2.45. The molecule has 0 bridgehead atoms. The van der Waals surface area contributed by atoms with Crippen LogP contribution in [0.1, 0.15) is 26.2 Å². The first-order valence-corrected chi connectivity index (χ1v) is 8.62. The highest BCUT2D eigenvalue weighted by Crippen LogP contribution is 2.31. The van der Waals surface area contributed by atoms with Crippen molar-refractivity contribution in [3.05, 3.63) is 18.2 Å². The lowest BCUT2D eigenvalue weighted by Gasteiger charge is -2.25.